The molecule has 0 saturated carbocycles. The zero-order chi connectivity index (χ0) is 12.6. The van der Waals surface area contributed by atoms with E-state index in [1.165, 1.54) is 13.1 Å². The van der Waals surface area contributed by atoms with Crippen molar-refractivity contribution in [3.63, 3.8) is 0 Å². The summed E-state index contributed by atoms with van der Waals surface area (Å²) in [5.41, 5.74) is 11.7. The van der Waals surface area contributed by atoms with Gasteiger partial charge in [0.2, 0.25) is 5.95 Å². The van der Waals surface area contributed by atoms with Crippen LogP contribution in [0.3, 0.4) is 0 Å². The number of anilines is 2. The minimum absolute atomic E-state index is 0.00752. The van der Waals surface area contributed by atoms with Crippen LogP contribution in [0.2, 0.25) is 0 Å². The fourth-order valence-corrected chi connectivity index (χ4v) is 1.35. The van der Waals surface area contributed by atoms with E-state index in [1.807, 2.05) is 0 Å². The average Bonchev–Trinajstić information content (AvgIpc) is 2.27. The van der Waals surface area contributed by atoms with E-state index in [0.29, 0.717) is 0 Å². The van der Waals surface area contributed by atoms with Crippen LogP contribution < -0.4 is 11.5 Å². The second kappa shape index (κ2) is 4.07. The SMILES string of the molecule is CC(O)C(O)c1cnc2nc(N)nc(N)c2n1. The molecule has 8 heteroatoms. The molecule has 2 atom stereocenters. The quantitative estimate of drug-likeness (QED) is 0.519. The molecule has 0 saturated heterocycles. The van der Waals surface area contributed by atoms with E-state index in [1.54, 1.807) is 0 Å². The molecular weight excluding hydrogens is 224 g/mol. The van der Waals surface area contributed by atoms with Gasteiger partial charge in [0, 0.05) is 0 Å². The summed E-state index contributed by atoms with van der Waals surface area (Å²) in [6, 6.07) is 0. The summed E-state index contributed by atoms with van der Waals surface area (Å²) in [4.78, 5) is 15.6. The Morgan fingerprint density at radius 3 is 2.53 bits per heavy atom. The third-order valence-electron chi connectivity index (χ3n) is 2.23. The van der Waals surface area contributed by atoms with E-state index in [2.05, 4.69) is 19.9 Å². The minimum atomic E-state index is -1.14. The number of nitrogen functional groups attached to an aromatic ring is 2. The summed E-state index contributed by atoms with van der Waals surface area (Å²) in [7, 11) is 0. The van der Waals surface area contributed by atoms with Crippen molar-refractivity contribution < 1.29 is 10.2 Å². The summed E-state index contributed by atoms with van der Waals surface area (Å²) >= 11 is 0. The van der Waals surface area contributed by atoms with Gasteiger partial charge in [0.05, 0.1) is 18.0 Å². The molecule has 0 radical (unpaired) electrons. The van der Waals surface area contributed by atoms with Gasteiger partial charge in [-0.05, 0) is 6.92 Å². The summed E-state index contributed by atoms with van der Waals surface area (Å²) < 4.78 is 0. The number of hydrogen-bond acceptors (Lipinski definition) is 8. The molecule has 0 spiro atoms. The number of aliphatic hydroxyl groups is 2. The van der Waals surface area contributed by atoms with Gasteiger partial charge in [-0.3, -0.25) is 0 Å². The van der Waals surface area contributed by atoms with E-state index in [4.69, 9.17) is 11.5 Å². The summed E-state index contributed by atoms with van der Waals surface area (Å²) in [6.07, 6.45) is -0.785. The third kappa shape index (κ3) is 2.08. The van der Waals surface area contributed by atoms with Crippen molar-refractivity contribution in [1.82, 2.24) is 19.9 Å². The molecule has 2 rings (SSSR count). The molecule has 0 bridgehead atoms. The molecule has 6 N–H and O–H groups in total. The number of rotatable bonds is 2. The van der Waals surface area contributed by atoms with Crippen LogP contribution in [0.1, 0.15) is 18.7 Å². The van der Waals surface area contributed by atoms with E-state index in [0.717, 1.165) is 0 Å². The lowest BCUT2D eigenvalue weighted by Gasteiger charge is -2.12. The van der Waals surface area contributed by atoms with Crippen LogP contribution in [0.25, 0.3) is 11.2 Å². The van der Waals surface area contributed by atoms with Crippen molar-refractivity contribution >= 4 is 22.9 Å². The Kier molecular flexibility index (Phi) is 2.74. The van der Waals surface area contributed by atoms with Gasteiger partial charge in [-0.2, -0.15) is 9.97 Å². The molecule has 8 nitrogen and oxygen atoms in total. The third-order valence-corrected chi connectivity index (χ3v) is 2.23. The van der Waals surface area contributed by atoms with Gasteiger partial charge in [-0.25, -0.2) is 9.97 Å². The smallest absolute Gasteiger partial charge is 0.224 e. The molecular formula is C9H12N6O2. The molecule has 0 aliphatic carbocycles. The normalized spacial score (nSPS) is 14.8. The van der Waals surface area contributed by atoms with Gasteiger partial charge in [0.15, 0.2) is 17.0 Å². The summed E-state index contributed by atoms with van der Waals surface area (Å²) in [5, 5.41) is 18.9. The molecule has 2 aromatic rings. The van der Waals surface area contributed by atoms with E-state index >= 15 is 0 Å². The van der Waals surface area contributed by atoms with Crippen molar-refractivity contribution in [1.29, 1.82) is 0 Å². The lowest BCUT2D eigenvalue weighted by atomic mass is 10.2. The largest absolute Gasteiger partial charge is 0.390 e. The van der Waals surface area contributed by atoms with Crippen molar-refractivity contribution in [2.45, 2.75) is 19.1 Å². The van der Waals surface area contributed by atoms with Crippen LogP contribution in [0.5, 0.6) is 0 Å². The lowest BCUT2D eigenvalue weighted by Crippen LogP contribution is -2.16. The number of aliphatic hydroxyl groups excluding tert-OH is 2. The average molecular weight is 236 g/mol. The highest BCUT2D eigenvalue weighted by molar-refractivity contribution is 5.81. The van der Waals surface area contributed by atoms with Crippen LogP contribution in [0.4, 0.5) is 11.8 Å². The van der Waals surface area contributed by atoms with Crippen LogP contribution in [-0.4, -0.2) is 36.3 Å². The van der Waals surface area contributed by atoms with Crippen molar-refractivity contribution in [2.24, 2.45) is 0 Å². The maximum absolute atomic E-state index is 9.64. The lowest BCUT2D eigenvalue weighted by molar-refractivity contribution is 0.0278. The molecule has 0 fully saturated rings. The number of aromatic nitrogens is 4. The first kappa shape index (κ1) is 11.4. The second-order valence-corrected chi connectivity index (χ2v) is 3.62. The first-order valence-electron chi connectivity index (χ1n) is 4.91. The van der Waals surface area contributed by atoms with Crippen molar-refractivity contribution in [3.8, 4) is 0 Å². The van der Waals surface area contributed by atoms with Crippen LogP contribution in [0.15, 0.2) is 6.20 Å². The zero-order valence-electron chi connectivity index (χ0n) is 9.07. The molecule has 0 aromatic carbocycles. The first-order valence-corrected chi connectivity index (χ1v) is 4.91. The van der Waals surface area contributed by atoms with E-state index in [-0.39, 0.29) is 28.6 Å². The van der Waals surface area contributed by atoms with Gasteiger partial charge in [-0.1, -0.05) is 0 Å². The Bertz CT molecular complexity index is 558. The summed E-state index contributed by atoms with van der Waals surface area (Å²) in [5.74, 6) is 0.0905. The molecule has 0 amide bonds. The Hall–Kier alpha value is -2.06. The molecule has 2 heterocycles. The van der Waals surface area contributed by atoms with E-state index < -0.39 is 12.2 Å². The zero-order valence-corrected chi connectivity index (χ0v) is 9.07. The maximum Gasteiger partial charge on any atom is 0.224 e. The van der Waals surface area contributed by atoms with Gasteiger partial charge >= 0.3 is 0 Å². The predicted molar refractivity (Wildman–Crippen MR) is 60.6 cm³/mol. The fourth-order valence-electron chi connectivity index (χ4n) is 1.35. The monoisotopic (exact) mass is 236 g/mol. The molecule has 0 aliphatic rings. The number of hydrogen-bond donors (Lipinski definition) is 4. The van der Waals surface area contributed by atoms with Gasteiger partial charge in [0.1, 0.15) is 6.10 Å². The van der Waals surface area contributed by atoms with Crippen molar-refractivity contribution in [3.05, 3.63) is 11.9 Å². The van der Waals surface area contributed by atoms with Crippen LogP contribution in [-0.2, 0) is 0 Å². The molecule has 0 aliphatic heterocycles. The molecule has 2 unspecified atom stereocenters. The highest BCUT2D eigenvalue weighted by Gasteiger charge is 2.17. The molecule has 90 valence electrons. The highest BCUT2D eigenvalue weighted by Crippen LogP contribution is 2.19. The topological polar surface area (TPSA) is 144 Å². The summed E-state index contributed by atoms with van der Waals surface area (Å²) in [6.45, 7) is 1.44. The molecule has 17 heavy (non-hydrogen) atoms. The second-order valence-electron chi connectivity index (χ2n) is 3.62. The van der Waals surface area contributed by atoms with Gasteiger partial charge < -0.3 is 21.7 Å². The van der Waals surface area contributed by atoms with Crippen LogP contribution >= 0.6 is 0 Å². The number of fused-ring (bicyclic) bond motifs is 1. The first-order chi connectivity index (χ1) is 7.99. The van der Waals surface area contributed by atoms with Gasteiger partial charge in [0.25, 0.3) is 0 Å². The minimum Gasteiger partial charge on any atom is -0.390 e. The van der Waals surface area contributed by atoms with E-state index in [9.17, 15) is 10.2 Å². The number of nitrogens with zero attached hydrogens (tertiary/aromatic N) is 4. The Labute approximate surface area is 96.4 Å². The fraction of sp³-hybridized carbons (Fsp3) is 0.333. The maximum atomic E-state index is 9.64. The Morgan fingerprint density at radius 1 is 1.18 bits per heavy atom. The Morgan fingerprint density at radius 2 is 1.88 bits per heavy atom. The predicted octanol–water partition coefficient (Wildman–Crippen LogP) is -1.00. The van der Waals surface area contributed by atoms with Crippen LogP contribution in [0, 0.1) is 0 Å². The standard InChI is InChI=1S/C9H12N6O2/c1-3(16)6(17)4-2-12-8-5(13-4)7(10)14-9(11)15-8/h2-3,6,16-17H,1H3,(H4,10,11,12,14,15). The van der Waals surface area contributed by atoms with Gasteiger partial charge in [-0.15, -0.1) is 0 Å². The number of nitrogens with two attached hydrogens (primary N) is 2. The van der Waals surface area contributed by atoms with Crippen molar-refractivity contribution in [2.75, 3.05) is 11.5 Å². The Balaban J connectivity index is 2.58. The molecule has 2 aromatic heterocycles. The highest BCUT2D eigenvalue weighted by atomic mass is 16.3.